The van der Waals surface area contributed by atoms with Gasteiger partial charge >= 0.3 is 0 Å². The third-order valence-electron chi connectivity index (χ3n) is 4.41. The number of rotatable bonds is 6. The third-order valence-corrected chi connectivity index (χ3v) is 4.41. The van der Waals surface area contributed by atoms with E-state index in [-0.39, 0.29) is 11.4 Å². The van der Waals surface area contributed by atoms with Gasteiger partial charge in [-0.1, -0.05) is 12.1 Å². The smallest absolute Gasteiger partial charge is 0.250 e. The average Bonchev–Trinajstić information content (AvgIpc) is 2.60. The normalized spacial score (nSPS) is 16.2. The van der Waals surface area contributed by atoms with Crippen LogP contribution >= 0.6 is 0 Å². The molecule has 128 valence electrons. The summed E-state index contributed by atoms with van der Waals surface area (Å²) in [5.74, 6) is 1.21. The molecular formula is C18H22FN3O2. The molecule has 0 saturated carbocycles. The first-order chi connectivity index (χ1) is 11.7. The molecule has 2 heterocycles. The third kappa shape index (κ3) is 4.64. The number of aromatic amines is 1. The topological polar surface area (TPSA) is 58.2 Å². The molecule has 1 fully saturated rings. The summed E-state index contributed by atoms with van der Waals surface area (Å²) in [4.78, 5) is 20.5. The summed E-state index contributed by atoms with van der Waals surface area (Å²) in [7, 11) is 0. The van der Waals surface area contributed by atoms with Gasteiger partial charge in [-0.3, -0.25) is 4.79 Å². The molecule has 0 aliphatic carbocycles. The second-order valence-electron chi connectivity index (χ2n) is 6.16. The van der Waals surface area contributed by atoms with E-state index in [4.69, 9.17) is 4.74 Å². The van der Waals surface area contributed by atoms with Gasteiger partial charge in [0, 0.05) is 25.2 Å². The molecule has 1 aromatic heterocycles. The lowest BCUT2D eigenvalue weighted by molar-refractivity contribution is 0.139. The minimum Gasteiger partial charge on any atom is -0.490 e. The zero-order valence-electron chi connectivity index (χ0n) is 13.6. The summed E-state index contributed by atoms with van der Waals surface area (Å²) in [5, 5.41) is 0. The van der Waals surface area contributed by atoms with Crippen LogP contribution in [0.5, 0.6) is 5.75 Å². The second kappa shape index (κ2) is 8.06. The van der Waals surface area contributed by atoms with Crippen molar-refractivity contribution in [2.45, 2.75) is 19.3 Å². The van der Waals surface area contributed by atoms with E-state index in [2.05, 4.69) is 14.9 Å². The van der Waals surface area contributed by atoms with E-state index in [9.17, 15) is 9.18 Å². The molecule has 0 bridgehead atoms. The zero-order valence-corrected chi connectivity index (χ0v) is 13.6. The number of nitrogens with zero attached hydrogens (tertiary/aromatic N) is 2. The van der Waals surface area contributed by atoms with Gasteiger partial charge in [-0.2, -0.15) is 0 Å². The first kappa shape index (κ1) is 16.6. The van der Waals surface area contributed by atoms with Crippen LogP contribution in [0.15, 0.2) is 41.3 Å². The maximum atomic E-state index is 13.5. The Morgan fingerprint density at radius 2 is 2.04 bits per heavy atom. The van der Waals surface area contributed by atoms with E-state index in [0.717, 1.165) is 44.7 Å². The summed E-state index contributed by atoms with van der Waals surface area (Å²) in [5.41, 5.74) is -0.107. The van der Waals surface area contributed by atoms with Crippen LogP contribution in [0.4, 0.5) is 4.39 Å². The van der Waals surface area contributed by atoms with Crippen molar-refractivity contribution in [2.24, 2.45) is 5.92 Å². The quantitative estimate of drug-likeness (QED) is 0.882. The van der Waals surface area contributed by atoms with Crippen LogP contribution in [-0.2, 0) is 6.42 Å². The van der Waals surface area contributed by atoms with Crippen molar-refractivity contribution in [1.82, 2.24) is 14.9 Å². The van der Waals surface area contributed by atoms with E-state index in [0.29, 0.717) is 18.3 Å². The average molecular weight is 331 g/mol. The first-order valence-corrected chi connectivity index (χ1v) is 8.34. The SMILES string of the molecule is O=c1ccnc(CCN2CCC(COc3ccccc3F)CC2)[nH]1. The predicted molar refractivity (Wildman–Crippen MR) is 89.6 cm³/mol. The molecule has 0 radical (unpaired) electrons. The van der Waals surface area contributed by atoms with Crippen LogP contribution in [0, 0.1) is 11.7 Å². The standard InChI is InChI=1S/C18H22FN3O2/c19-15-3-1-2-4-16(15)24-13-14-6-10-22(11-7-14)12-8-17-20-9-5-18(23)21-17/h1-5,9,14H,6-8,10-13H2,(H,20,21,23). The summed E-state index contributed by atoms with van der Waals surface area (Å²) in [6.07, 6.45) is 4.35. The number of piperidine rings is 1. The van der Waals surface area contributed by atoms with E-state index < -0.39 is 0 Å². The highest BCUT2D eigenvalue weighted by Crippen LogP contribution is 2.21. The molecule has 0 spiro atoms. The number of nitrogens with one attached hydrogen (secondary N) is 1. The van der Waals surface area contributed by atoms with Crippen molar-refractivity contribution < 1.29 is 9.13 Å². The Balaban J connectivity index is 1.39. The fourth-order valence-electron chi connectivity index (χ4n) is 2.95. The van der Waals surface area contributed by atoms with Crippen molar-refractivity contribution in [3.63, 3.8) is 0 Å². The lowest BCUT2D eigenvalue weighted by Gasteiger charge is -2.31. The van der Waals surface area contributed by atoms with Crippen molar-refractivity contribution >= 4 is 0 Å². The lowest BCUT2D eigenvalue weighted by atomic mass is 9.97. The van der Waals surface area contributed by atoms with Gasteiger partial charge in [0.05, 0.1) is 6.61 Å². The van der Waals surface area contributed by atoms with Gasteiger partial charge in [-0.25, -0.2) is 9.37 Å². The Bertz CT molecular complexity index is 711. The Morgan fingerprint density at radius 3 is 2.79 bits per heavy atom. The molecule has 1 aromatic carbocycles. The second-order valence-corrected chi connectivity index (χ2v) is 6.16. The molecule has 1 aliphatic heterocycles. The predicted octanol–water partition coefficient (Wildman–Crippen LogP) is 2.24. The van der Waals surface area contributed by atoms with E-state index >= 15 is 0 Å². The number of benzene rings is 1. The zero-order chi connectivity index (χ0) is 16.8. The molecule has 1 saturated heterocycles. The van der Waals surface area contributed by atoms with E-state index in [1.807, 2.05) is 0 Å². The van der Waals surface area contributed by atoms with Crippen LogP contribution in [0.2, 0.25) is 0 Å². The number of likely N-dealkylation sites (tertiary alicyclic amines) is 1. The molecule has 24 heavy (non-hydrogen) atoms. The fraction of sp³-hybridized carbons (Fsp3) is 0.444. The highest BCUT2D eigenvalue weighted by molar-refractivity contribution is 5.23. The summed E-state index contributed by atoms with van der Waals surface area (Å²) in [6.45, 7) is 3.42. The van der Waals surface area contributed by atoms with Crippen molar-refractivity contribution in [2.75, 3.05) is 26.2 Å². The number of ether oxygens (including phenoxy) is 1. The molecular weight excluding hydrogens is 309 g/mol. The van der Waals surface area contributed by atoms with Gasteiger partial charge in [0.1, 0.15) is 5.82 Å². The number of H-pyrrole nitrogens is 1. The van der Waals surface area contributed by atoms with Crippen LogP contribution in [0.25, 0.3) is 0 Å². The van der Waals surface area contributed by atoms with E-state index in [1.165, 1.54) is 12.1 Å². The van der Waals surface area contributed by atoms with Crippen molar-refractivity contribution in [1.29, 1.82) is 0 Å². The van der Waals surface area contributed by atoms with Crippen molar-refractivity contribution in [3.05, 3.63) is 58.5 Å². The number of halogens is 1. The Kier molecular flexibility index (Phi) is 5.59. The highest BCUT2D eigenvalue weighted by Gasteiger charge is 2.20. The van der Waals surface area contributed by atoms with Crippen LogP contribution in [0.3, 0.4) is 0 Å². The van der Waals surface area contributed by atoms with Crippen LogP contribution in [-0.4, -0.2) is 41.1 Å². The van der Waals surface area contributed by atoms with Crippen LogP contribution in [0.1, 0.15) is 18.7 Å². The minimum absolute atomic E-state index is 0.107. The number of hydrogen-bond acceptors (Lipinski definition) is 4. The monoisotopic (exact) mass is 331 g/mol. The molecule has 1 N–H and O–H groups in total. The van der Waals surface area contributed by atoms with Gasteiger partial charge < -0.3 is 14.6 Å². The maximum Gasteiger partial charge on any atom is 0.250 e. The van der Waals surface area contributed by atoms with Gasteiger partial charge in [-0.15, -0.1) is 0 Å². The Labute approximate surface area is 140 Å². The van der Waals surface area contributed by atoms with E-state index in [1.54, 1.807) is 24.4 Å². The van der Waals surface area contributed by atoms with Gasteiger partial charge in [0.25, 0.3) is 5.56 Å². The fourth-order valence-corrected chi connectivity index (χ4v) is 2.95. The van der Waals surface area contributed by atoms with Gasteiger partial charge in [0.15, 0.2) is 11.6 Å². The molecule has 2 aromatic rings. The summed E-state index contributed by atoms with van der Waals surface area (Å²) in [6, 6.07) is 7.95. The highest BCUT2D eigenvalue weighted by atomic mass is 19.1. The Hall–Kier alpha value is -2.21. The molecule has 1 aliphatic rings. The maximum absolute atomic E-state index is 13.5. The molecule has 5 nitrogen and oxygen atoms in total. The number of hydrogen-bond donors (Lipinski definition) is 1. The molecule has 0 atom stereocenters. The molecule has 0 unspecified atom stereocenters. The number of para-hydroxylation sites is 1. The van der Waals surface area contributed by atoms with Crippen LogP contribution < -0.4 is 10.3 Å². The first-order valence-electron chi connectivity index (χ1n) is 8.34. The van der Waals surface area contributed by atoms with Gasteiger partial charge in [0.2, 0.25) is 0 Å². The molecule has 3 rings (SSSR count). The number of aromatic nitrogens is 2. The Morgan fingerprint density at radius 1 is 1.25 bits per heavy atom. The summed E-state index contributed by atoms with van der Waals surface area (Å²) < 4.78 is 19.1. The molecule has 0 amide bonds. The lowest BCUT2D eigenvalue weighted by Crippen LogP contribution is -2.37. The van der Waals surface area contributed by atoms with Crippen molar-refractivity contribution in [3.8, 4) is 5.75 Å². The van der Waals surface area contributed by atoms with Gasteiger partial charge in [-0.05, 0) is 44.0 Å². The molecule has 6 heteroatoms. The summed E-state index contributed by atoms with van der Waals surface area (Å²) >= 11 is 0. The minimum atomic E-state index is -0.306. The largest absolute Gasteiger partial charge is 0.490 e.